The maximum absolute atomic E-state index is 13.7. The van der Waals surface area contributed by atoms with E-state index in [-0.39, 0.29) is 35.6 Å². The number of nitrogens with zero attached hydrogens (tertiary/aromatic N) is 4. The SMILES string of the molecule is Cn1c(=O)n(CC(=O)c2ccsc2)c(=O)c2c1nc(N[C@@H]1CCCC[C@@H]1N)n2Cc1ccccc1Br. The lowest BCUT2D eigenvalue weighted by Crippen LogP contribution is -2.43. The molecule has 0 amide bonds. The maximum atomic E-state index is 13.7. The molecular formula is C25H27BrN6O3S. The van der Waals surface area contributed by atoms with E-state index in [1.807, 2.05) is 24.3 Å². The highest BCUT2D eigenvalue weighted by Crippen LogP contribution is 2.25. The summed E-state index contributed by atoms with van der Waals surface area (Å²) < 4.78 is 5.02. The Morgan fingerprint density at radius 3 is 2.69 bits per heavy atom. The van der Waals surface area contributed by atoms with E-state index < -0.39 is 11.2 Å². The third-order valence-corrected chi connectivity index (χ3v) is 8.25. The molecule has 3 N–H and O–H groups in total. The lowest BCUT2D eigenvalue weighted by molar-refractivity contribution is 0.0969. The molecule has 0 unspecified atom stereocenters. The van der Waals surface area contributed by atoms with Crippen molar-refractivity contribution in [3.05, 3.63) is 77.5 Å². The largest absolute Gasteiger partial charge is 0.351 e. The van der Waals surface area contributed by atoms with Crippen molar-refractivity contribution in [3.8, 4) is 0 Å². The number of carbonyl (C=O) groups excluding carboxylic acids is 1. The first-order valence-corrected chi connectivity index (χ1v) is 13.6. The van der Waals surface area contributed by atoms with Crippen LogP contribution in [0, 0.1) is 0 Å². The molecule has 0 spiro atoms. The van der Waals surface area contributed by atoms with Crippen LogP contribution in [0.5, 0.6) is 0 Å². The Bertz CT molecular complexity index is 1540. The zero-order valence-electron chi connectivity index (χ0n) is 19.8. The summed E-state index contributed by atoms with van der Waals surface area (Å²) in [5.74, 6) is 0.190. The summed E-state index contributed by atoms with van der Waals surface area (Å²) in [5, 5.41) is 6.97. The summed E-state index contributed by atoms with van der Waals surface area (Å²) in [6.07, 6.45) is 3.96. The van der Waals surface area contributed by atoms with E-state index in [1.54, 1.807) is 28.4 Å². The second-order valence-corrected chi connectivity index (χ2v) is 10.8. The van der Waals surface area contributed by atoms with E-state index in [2.05, 4.69) is 21.2 Å². The van der Waals surface area contributed by atoms with Gasteiger partial charge in [0.25, 0.3) is 5.56 Å². The molecule has 1 aliphatic rings. The minimum atomic E-state index is -0.581. The molecule has 4 aromatic rings. The number of fused-ring (bicyclic) bond motifs is 1. The smallest absolute Gasteiger partial charge is 0.332 e. The summed E-state index contributed by atoms with van der Waals surface area (Å²) in [5.41, 5.74) is 7.22. The van der Waals surface area contributed by atoms with E-state index in [1.165, 1.54) is 15.9 Å². The Labute approximate surface area is 219 Å². The monoisotopic (exact) mass is 570 g/mol. The van der Waals surface area contributed by atoms with Crippen molar-refractivity contribution in [2.45, 2.75) is 50.9 Å². The topological polar surface area (TPSA) is 117 Å². The Balaban J connectivity index is 1.67. The van der Waals surface area contributed by atoms with E-state index in [0.717, 1.165) is 40.3 Å². The van der Waals surface area contributed by atoms with Crippen LogP contribution in [0.3, 0.4) is 0 Å². The van der Waals surface area contributed by atoms with Gasteiger partial charge in [0.15, 0.2) is 16.9 Å². The summed E-state index contributed by atoms with van der Waals surface area (Å²) in [7, 11) is 1.57. The minimum Gasteiger partial charge on any atom is -0.351 e. The van der Waals surface area contributed by atoms with Crippen molar-refractivity contribution < 1.29 is 4.79 Å². The molecule has 1 fully saturated rings. The van der Waals surface area contributed by atoms with Crippen LogP contribution in [-0.4, -0.2) is 36.6 Å². The molecular weight excluding hydrogens is 544 g/mol. The van der Waals surface area contributed by atoms with Gasteiger partial charge in [0.1, 0.15) is 0 Å². The fourth-order valence-corrected chi connectivity index (χ4v) is 5.81. The van der Waals surface area contributed by atoms with Crippen molar-refractivity contribution in [3.63, 3.8) is 0 Å². The number of nitrogens with one attached hydrogen (secondary N) is 1. The van der Waals surface area contributed by atoms with E-state index in [9.17, 15) is 14.4 Å². The van der Waals surface area contributed by atoms with Gasteiger partial charge in [-0.1, -0.05) is 47.0 Å². The van der Waals surface area contributed by atoms with Crippen molar-refractivity contribution >= 4 is 50.2 Å². The third-order valence-electron chi connectivity index (χ3n) is 6.80. The van der Waals surface area contributed by atoms with Gasteiger partial charge in [-0.15, -0.1) is 0 Å². The van der Waals surface area contributed by atoms with E-state index in [0.29, 0.717) is 18.1 Å². The first kappa shape index (κ1) is 24.7. The van der Waals surface area contributed by atoms with Gasteiger partial charge in [-0.2, -0.15) is 16.3 Å². The summed E-state index contributed by atoms with van der Waals surface area (Å²) >= 11 is 4.99. The first-order chi connectivity index (χ1) is 17.3. The van der Waals surface area contributed by atoms with Crippen LogP contribution >= 0.6 is 27.3 Å². The predicted octanol–water partition coefficient (Wildman–Crippen LogP) is 3.33. The van der Waals surface area contributed by atoms with Crippen molar-refractivity contribution in [1.82, 2.24) is 18.7 Å². The number of halogens is 1. The summed E-state index contributed by atoms with van der Waals surface area (Å²) in [4.78, 5) is 44.4. The number of anilines is 1. The number of rotatable bonds is 7. The van der Waals surface area contributed by atoms with Crippen LogP contribution in [0.2, 0.25) is 0 Å². The fourth-order valence-electron chi connectivity index (χ4n) is 4.73. The highest BCUT2D eigenvalue weighted by atomic mass is 79.9. The van der Waals surface area contributed by atoms with Crippen LogP contribution in [-0.2, 0) is 20.1 Å². The van der Waals surface area contributed by atoms with Crippen LogP contribution in [0.15, 0.2) is 55.2 Å². The lowest BCUT2D eigenvalue weighted by Gasteiger charge is -2.29. The molecule has 0 bridgehead atoms. The van der Waals surface area contributed by atoms with Gasteiger partial charge in [-0.3, -0.25) is 23.3 Å². The average Bonchev–Trinajstić information content (AvgIpc) is 3.52. The summed E-state index contributed by atoms with van der Waals surface area (Å²) in [6, 6.07) is 9.42. The fraction of sp³-hybridized carbons (Fsp3) is 0.360. The van der Waals surface area contributed by atoms with Crippen LogP contribution < -0.4 is 22.3 Å². The number of aromatic nitrogens is 4. The number of aryl methyl sites for hydroxylation is 1. The zero-order valence-corrected chi connectivity index (χ0v) is 22.2. The van der Waals surface area contributed by atoms with Gasteiger partial charge in [-0.25, -0.2) is 4.79 Å². The number of thiophene rings is 1. The third kappa shape index (κ3) is 4.58. The number of hydrogen-bond donors (Lipinski definition) is 2. The number of ketones is 1. The molecule has 9 nitrogen and oxygen atoms in total. The Morgan fingerprint density at radius 2 is 1.97 bits per heavy atom. The number of carbonyl (C=O) groups is 1. The molecule has 36 heavy (non-hydrogen) atoms. The molecule has 3 aromatic heterocycles. The number of Topliss-reactive ketones (excluding diaryl/α,β-unsaturated/α-hetero) is 1. The van der Waals surface area contributed by atoms with Crippen LogP contribution in [0.4, 0.5) is 5.95 Å². The lowest BCUT2D eigenvalue weighted by atomic mass is 9.91. The molecule has 1 aromatic carbocycles. The van der Waals surface area contributed by atoms with Crippen LogP contribution in [0.25, 0.3) is 11.2 Å². The van der Waals surface area contributed by atoms with Gasteiger partial charge in [0.2, 0.25) is 5.95 Å². The standard InChI is InChI=1S/C25H27BrN6O3S/c1-30-22-21(23(34)32(25(30)35)13-20(33)16-10-11-36-14-16)31(12-15-6-2-3-7-17(15)26)24(29-22)28-19-9-5-4-8-18(19)27/h2-3,6-7,10-11,14,18-19H,4-5,8-9,12-13,27H2,1H3,(H,28,29)/t18-,19+/m0/s1. The van der Waals surface area contributed by atoms with Crippen molar-refractivity contribution in [2.75, 3.05) is 5.32 Å². The minimum absolute atomic E-state index is 0.00736. The molecule has 188 valence electrons. The quantitative estimate of drug-likeness (QED) is 0.329. The molecule has 5 rings (SSSR count). The number of benzene rings is 1. The first-order valence-electron chi connectivity index (χ1n) is 11.9. The van der Waals surface area contributed by atoms with E-state index >= 15 is 0 Å². The molecule has 2 atom stereocenters. The highest BCUT2D eigenvalue weighted by Gasteiger charge is 2.27. The average molecular weight is 572 g/mol. The predicted molar refractivity (Wildman–Crippen MR) is 145 cm³/mol. The zero-order chi connectivity index (χ0) is 25.4. The Morgan fingerprint density at radius 1 is 1.19 bits per heavy atom. The Kier molecular flexibility index (Phi) is 6.96. The van der Waals surface area contributed by atoms with Gasteiger partial charge in [0.05, 0.1) is 13.1 Å². The molecule has 0 saturated heterocycles. The van der Waals surface area contributed by atoms with E-state index in [4.69, 9.17) is 10.7 Å². The summed E-state index contributed by atoms with van der Waals surface area (Å²) in [6.45, 7) is 0.00277. The number of hydrogen-bond acceptors (Lipinski definition) is 7. The number of nitrogens with two attached hydrogens (primary N) is 1. The molecule has 1 aliphatic carbocycles. The number of imidazole rings is 1. The van der Waals surface area contributed by atoms with Gasteiger partial charge in [-0.05, 0) is 35.9 Å². The second-order valence-electron chi connectivity index (χ2n) is 9.15. The molecule has 0 radical (unpaired) electrons. The molecule has 1 saturated carbocycles. The molecule has 11 heteroatoms. The maximum Gasteiger partial charge on any atom is 0.332 e. The highest BCUT2D eigenvalue weighted by molar-refractivity contribution is 9.10. The second kappa shape index (κ2) is 10.2. The van der Waals surface area contributed by atoms with Gasteiger partial charge >= 0.3 is 5.69 Å². The van der Waals surface area contributed by atoms with Crippen LogP contribution in [0.1, 0.15) is 41.6 Å². The van der Waals surface area contributed by atoms with Crippen molar-refractivity contribution in [1.29, 1.82) is 0 Å². The Hall–Kier alpha value is -3.02. The molecule has 0 aliphatic heterocycles. The van der Waals surface area contributed by atoms with Gasteiger partial charge in [0, 0.05) is 34.5 Å². The van der Waals surface area contributed by atoms with Crippen molar-refractivity contribution in [2.24, 2.45) is 12.8 Å². The van der Waals surface area contributed by atoms with Gasteiger partial charge < -0.3 is 11.1 Å². The molecule has 3 heterocycles. The normalized spacial score (nSPS) is 18.0.